The van der Waals surface area contributed by atoms with Crippen LogP contribution in [0.15, 0.2) is 22.6 Å². The monoisotopic (exact) mass is 277 g/mol. The standard InChI is InChI=1S/C15H19NO4/c1-5-19-15(17)14-11-8-10(18-4)6-7-12(11)20-13(14)9-16(2)3/h6-8H,5,9H2,1-4H3. The number of nitrogens with zero attached hydrogens (tertiary/aromatic N) is 1. The van der Waals surface area contributed by atoms with Gasteiger partial charge in [0.25, 0.3) is 0 Å². The minimum atomic E-state index is -0.364. The molecule has 0 saturated heterocycles. The van der Waals surface area contributed by atoms with Crippen LogP contribution in [0.25, 0.3) is 11.0 Å². The summed E-state index contributed by atoms with van der Waals surface area (Å²) in [7, 11) is 5.43. The van der Waals surface area contributed by atoms with Crippen LogP contribution >= 0.6 is 0 Å². The van der Waals surface area contributed by atoms with Gasteiger partial charge in [-0.1, -0.05) is 0 Å². The fourth-order valence-corrected chi connectivity index (χ4v) is 2.08. The van der Waals surface area contributed by atoms with E-state index in [9.17, 15) is 4.79 Å². The first-order valence-electron chi connectivity index (χ1n) is 6.48. The SMILES string of the molecule is CCOC(=O)c1c(CN(C)C)oc2ccc(OC)cc12. The average Bonchev–Trinajstić information content (AvgIpc) is 2.74. The Morgan fingerprint density at radius 1 is 1.35 bits per heavy atom. The molecule has 1 aromatic heterocycles. The minimum absolute atomic E-state index is 0.330. The number of rotatable bonds is 5. The van der Waals surface area contributed by atoms with E-state index < -0.39 is 0 Å². The van der Waals surface area contributed by atoms with Crippen molar-refractivity contribution in [2.75, 3.05) is 27.8 Å². The highest BCUT2D eigenvalue weighted by Crippen LogP contribution is 2.30. The van der Waals surface area contributed by atoms with Crippen LogP contribution in [-0.2, 0) is 11.3 Å². The quantitative estimate of drug-likeness (QED) is 0.786. The summed E-state index contributed by atoms with van der Waals surface area (Å²) in [6.45, 7) is 2.65. The third kappa shape index (κ3) is 2.77. The van der Waals surface area contributed by atoms with Crippen LogP contribution in [0, 0.1) is 0 Å². The molecule has 108 valence electrons. The number of carbonyl (C=O) groups excluding carboxylic acids is 1. The van der Waals surface area contributed by atoms with Crippen molar-refractivity contribution in [1.82, 2.24) is 4.90 Å². The highest BCUT2D eigenvalue weighted by Gasteiger charge is 2.22. The molecule has 0 saturated carbocycles. The number of carbonyl (C=O) groups is 1. The Kier molecular flexibility index (Phi) is 4.29. The van der Waals surface area contributed by atoms with Crippen LogP contribution in [0.2, 0.25) is 0 Å². The number of esters is 1. The van der Waals surface area contributed by atoms with E-state index in [1.165, 1.54) is 0 Å². The molecule has 0 aliphatic rings. The second-order valence-corrected chi connectivity index (χ2v) is 4.72. The zero-order valence-electron chi connectivity index (χ0n) is 12.2. The van der Waals surface area contributed by atoms with Crippen LogP contribution in [0.3, 0.4) is 0 Å². The van der Waals surface area contributed by atoms with Crippen LogP contribution < -0.4 is 4.74 Å². The van der Waals surface area contributed by atoms with Gasteiger partial charge in [0.15, 0.2) is 0 Å². The van der Waals surface area contributed by atoms with Crippen molar-refractivity contribution < 1.29 is 18.7 Å². The van der Waals surface area contributed by atoms with Gasteiger partial charge in [-0.05, 0) is 39.2 Å². The lowest BCUT2D eigenvalue weighted by molar-refractivity contribution is 0.0524. The molecule has 20 heavy (non-hydrogen) atoms. The van der Waals surface area contributed by atoms with Crippen LogP contribution in [0.1, 0.15) is 23.0 Å². The summed E-state index contributed by atoms with van der Waals surface area (Å²) in [4.78, 5) is 14.1. The predicted molar refractivity (Wildman–Crippen MR) is 76.1 cm³/mol. The number of methoxy groups -OCH3 is 1. The van der Waals surface area contributed by atoms with Gasteiger partial charge in [0.05, 0.1) is 20.3 Å². The summed E-state index contributed by atoms with van der Waals surface area (Å²) in [5.74, 6) is 0.924. The van der Waals surface area contributed by atoms with E-state index in [1.807, 2.05) is 19.0 Å². The number of hydrogen-bond donors (Lipinski definition) is 0. The van der Waals surface area contributed by atoms with E-state index in [4.69, 9.17) is 13.9 Å². The molecule has 0 N–H and O–H groups in total. The first-order valence-corrected chi connectivity index (χ1v) is 6.48. The lowest BCUT2D eigenvalue weighted by Crippen LogP contribution is -2.14. The Morgan fingerprint density at radius 3 is 2.70 bits per heavy atom. The highest BCUT2D eigenvalue weighted by atomic mass is 16.5. The highest BCUT2D eigenvalue weighted by molar-refractivity contribution is 6.05. The predicted octanol–water partition coefficient (Wildman–Crippen LogP) is 2.68. The third-order valence-corrected chi connectivity index (χ3v) is 2.91. The van der Waals surface area contributed by atoms with Crippen molar-refractivity contribution in [3.63, 3.8) is 0 Å². The van der Waals surface area contributed by atoms with Gasteiger partial charge in [0, 0.05) is 5.39 Å². The molecule has 2 aromatic rings. The molecule has 0 fully saturated rings. The van der Waals surface area contributed by atoms with E-state index in [0.29, 0.717) is 35.8 Å². The van der Waals surface area contributed by atoms with Crippen molar-refractivity contribution in [2.24, 2.45) is 0 Å². The molecule has 2 rings (SSSR count). The average molecular weight is 277 g/mol. The van der Waals surface area contributed by atoms with Gasteiger partial charge in [0.2, 0.25) is 0 Å². The molecule has 0 unspecified atom stereocenters. The summed E-state index contributed by atoms with van der Waals surface area (Å²) in [5, 5.41) is 0.722. The van der Waals surface area contributed by atoms with Crippen molar-refractivity contribution in [1.29, 1.82) is 0 Å². The largest absolute Gasteiger partial charge is 0.497 e. The molecule has 0 bridgehead atoms. The maximum absolute atomic E-state index is 12.2. The summed E-state index contributed by atoms with van der Waals surface area (Å²) in [6.07, 6.45) is 0. The van der Waals surface area contributed by atoms with Crippen LogP contribution in [-0.4, -0.2) is 38.7 Å². The fourth-order valence-electron chi connectivity index (χ4n) is 2.08. The second-order valence-electron chi connectivity index (χ2n) is 4.72. The van der Waals surface area contributed by atoms with E-state index in [-0.39, 0.29) is 5.97 Å². The van der Waals surface area contributed by atoms with Crippen molar-refractivity contribution >= 4 is 16.9 Å². The van der Waals surface area contributed by atoms with E-state index in [0.717, 1.165) is 5.39 Å². The number of fused-ring (bicyclic) bond motifs is 1. The lowest BCUT2D eigenvalue weighted by Gasteiger charge is -2.08. The fraction of sp³-hybridized carbons (Fsp3) is 0.400. The second kappa shape index (κ2) is 5.96. The number of ether oxygens (including phenoxy) is 2. The van der Waals surface area contributed by atoms with Crippen LogP contribution in [0.5, 0.6) is 5.75 Å². The number of hydrogen-bond acceptors (Lipinski definition) is 5. The molecular weight excluding hydrogens is 258 g/mol. The van der Waals surface area contributed by atoms with Gasteiger partial charge in [-0.15, -0.1) is 0 Å². The lowest BCUT2D eigenvalue weighted by atomic mass is 10.1. The maximum Gasteiger partial charge on any atom is 0.342 e. The van der Waals surface area contributed by atoms with Crippen LogP contribution in [0.4, 0.5) is 0 Å². The summed E-state index contributed by atoms with van der Waals surface area (Å²) >= 11 is 0. The Labute approximate surface area is 118 Å². The maximum atomic E-state index is 12.2. The minimum Gasteiger partial charge on any atom is -0.497 e. The first kappa shape index (κ1) is 14.4. The van der Waals surface area contributed by atoms with Gasteiger partial charge in [-0.25, -0.2) is 4.79 Å². The van der Waals surface area contributed by atoms with E-state index >= 15 is 0 Å². The van der Waals surface area contributed by atoms with Gasteiger partial charge < -0.3 is 18.8 Å². The van der Waals surface area contributed by atoms with Gasteiger partial charge in [-0.2, -0.15) is 0 Å². The van der Waals surface area contributed by atoms with Gasteiger partial charge >= 0.3 is 5.97 Å². The Hall–Kier alpha value is -2.01. The first-order chi connectivity index (χ1) is 9.56. The molecule has 5 nitrogen and oxygen atoms in total. The normalized spacial score (nSPS) is 11.1. The molecule has 0 spiro atoms. The summed E-state index contributed by atoms with van der Waals surface area (Å²) in [5.41, 5.74) is 1.14. The third-order valence-electron chi connectivity index (χ3n) is 2.91. The summed E-state index contributed by atoms with van der Waals surface area (Å²) < 4.78 is 16.1. The smallest absolute Gasteiger partial charge is 0.342 e. The van der Waals surface area contributed by atoms with Gasteiger partial charge in [0.1, 0.15) is 22.7 Å². The zero-order chi connectivity index (χ0) is 14.7. The van der Waals surface area contributed by atoms with Crippen molar-refractivity contribution in [2.45, 2.75) is 13.5 Å². The topological polar surface area (TPSA) is 51.9 Å². The van der Waals surface area contributed by atoms with Gasteiger partial charge in [-0.3, -0.25) is 0 Å². The van der Waals surface area contributed by atoms with Crippen molar-refractivity contribution in [3.05, 3.63) is 29.5 Å². The Morgan fingerprint density at radius 2 is 2.10 bits per heavy atom. The molecule has 1 heterocycles. The van der Waals surface area contributed by atoms with E-state index in [1.54, 1.807) is 32.2 Å². The Balaban J connectivity index is 2.59. The molecule has 0 aliphatic carbocycles. The molecular formula is C15H19NO4. The van der Waals surface area contributed by atoms with E-state index in [2.05, 4.69) is 0 Å². The Bertz CT molecular complexity index is 616. The number of furan rings is 1. The molecule has 0 atom stereocenters. The zero-order valence-corrected chi connectivity index (χ0v) is 12.2. The molecule has 5 heteroatoms. The van der Waals surface area contributed by atoms with Crippen molar-refractivity contribution in [3.8, 4) is 5.75 Å². The molecule has 1 aromatic carbocycles. The molecule has 0 radical (unpaired) electrons. The number of benzene rings is 1. The molecule has 0 aliphatic heterocycles. The summed E-state index contributed by atoms with van der Waals surface area (Å²) in [6, 6.07) is 5.40. The molecule has 0 amide bonds.